The first-order valence-corrected chi connectivity index (χ1v) is 8.33. The topological polar surface area (TPSA) is 55.1 Å². The lowest BCUT2D eigenvalue weighted by Crippen LogP contribution is -2.07. The molecular formula is C18H11Cl2F3N2O2. The molecule has 9 heteroatoms. The van der Waals surface area contributed by atoms with Gasteiger partial charge in [0.1, 0.15) is 0 Å². The molecule has 1 N–H and O–H groups in total. The molecule has 1 aromatic heterocycles. The van der Waals surface area contributed by atoms with Crippen molar-refractivity contribution in [2.24, 2.45) is 0 Å². The van der Waals surface area contributed by atoms with Gasteiger partial charge in [-0.25, -0.2) is 4.79 Å². The standard InChI is InChI=1S/C18H11Cl2F3N2O2/c19-13-6-3-11(14(20)7-13)9-25-16(8-15(24-25)17(26)27)10-1-4-12(5-2-10)18(21,22)23/h1-8H,9H2,(H,26,27). The molecule has 0 saturated heterocycles. The van der Waals surface area contributed by atoms with E-state index in [1.165, 1.54) is 28.9 Å². The van der Waals surface area contributed by atoms with Gasteiger partial charge in [0, 0.05) is 10.0 Å². The van der Waals surface area contributed by atoms with Gasteiger partial charge < -0.3 is 5.11 Å². The number of alkyl halides is 3. The lowest BCUT2D eigenvalue weighted by molar-refractivity contribution is -0.137. The zero-order valence-corrected chi connectivity index (χ0v) is 15.0. The maximum absolute atomic E-state index is 12.8. The van der Waals surface area contributed by atoms with Crippen LogP contribution in [0.2, 0.25) is 10.0 Å². The minimum atomic E-state index is -4.46. The number of hydrogen-bond acceptors (Lipinski definition) is 2. The monoisotopic (exact) mass is 414 g/mol. The Morgan fingerprint density at radius 2 is 1.74 bits per heavy atom. The Morgan fingerprint density at radius 1 is 1.07 bits per heavy atom. The molecule has 27 heavy (non-hydrogen) atoms. The summed E-state index contributed by atoms with van der Waals surface area (Å²) < 4.78 is 39.6. The number of aromatic nitrogens is 2. The Bertz CT molecular complexity index is 999. The first kappa shape index (κ1) is 19.3. The van der Waals surface area contributed by atoms with Crippen LogP contribution in [0.1, 0.15) is 21.6 Å². The highest BCUT2D eigenvalue weighted by Gasteiger charge is 2.30. The molecule has 0 aliphatic carbocycles. The zero-order chi connectivity index (χ0) is 19.8. The maximum Gasteiger partial charge on any atom is 0.416 e. The molecule has 0 bridgehead atoms. The number of halogens is 5. The van der Waals surface area contributed by atoms with Crippen molar-refractivity contribution in [3.05, 3.63) is 75.4 Å². The van der Waals surface area contributed by atoms with Crippen LogP contribution in [0, 0.1) is 0 Å². The SMILES string of the molecule is O=C(O)c1cc(-c2ccc(C(F)(F)F)cc2)n(Cc2ccc(Cl)cc2Cl)n1. The largest absolute Gasteiger partial charge is 0.476 e. The normalized spacial score (nSPS) is 11.6. The van der Waals surface area contributed by atoms with Gasteiger partial charge in [-0.3, -0.25) is 4.68 Å². The number of benzene rings is 2. The molecule has 3 rings (SSSR count). The second kappa shape index (κ2) is 7.25. The molecule has 0 radical (unpaired) electrons. The van der Waals surface area contributed by atoms with Gasteiger partial charge in [0.05, 0.1) is 17.8 Å². The second-order valence-electron chi connectivity index (χ2n) is 5.69. The zero-order valence-electron chi connectivity index (χ0n) is 13.5. The average Bonchev–Trinajstić information content (AvgIpc) is 3.01. The van der Waals surface area contributed by atoms with Crippen molar-refractivity contribution in [1.82, 2.24) is 9.78 Å². The van der Waals surface area contributed by atoms with Gasteiger partial charge in [-0.2, -0.15) is 18.3 Å². The molecule has 0 amide bonds. The van der Waals surface area contributed by atoms with Crippen LogP contribution in [0.25, 0.3) is 11.3 Å². The molecule has 140 valence electrons. The van der Waals surface area contributed by atoms with Crippen molar-refractivity contribution in [2.75, 3.05) is 0 Å². The highest BCUT2D eigenvalue weighted by Crippen LogP contribution is 2.31. The van der Waals surface area contributed by atoms with E-state index in [4.69, 9.17) is 23.2 Å². The van der Waals surface area contributed by atoms with Gasteiger partial charge >= 0.3 is 12.1 Å². The second-order valence-corrected chi connectivity index (χ2v) is 6.53. The third-order valence-corrected chi connectivity index (χ3v) is 4.43. The van der Waals surface area contributed by atoms with Gasteiger partial charge in [0.25, 0.3) is 0 Å². The van der Waals surface area contributed by atoms with E-state index in [1.807, 2.05) is 0 Å². The van der Waals surface area contributed by atoms with Crippen LogP contribution >= 0.6 is 23.2 Å². The van der Waals surface area contributed by atoms with Crippen LogP contribution < -0.4 is 0 Å². The summed E-state index contributed by atoms with van der Waals surface area (Å²) in [5, 5.41) is 14.0. The minimum Gasteiger partial charge on any atom is -0.476 e. The third-order valence-electron chi connectivity index (χ3n) is 3.84. The molecule has 3 aromatic rings. The lowest BCUT2D eigenvalue weighted by Gasteiger charge is -2.11. The minimum absolute atomic E-state index is 0.125. The first-order chi connectivity index (χ1) is 12.6. The van der Waals surface area contributed by atoms with E-state index in [0.717, 1.165) is 12.1 Å². The predicted octanol–water partition coefficient (Wildman–Crippen LogP) is 5.62. The summed E-state index contributed by atoms with van der Waals surface area (Å²) in [6.45, 7) is 0.125. The van der Waals surface area contributed by atoms with Crippen molar-refractivity contribution < 1.29 is 23.1 Å². The molecule has 2 aromatic carbocycles. The molecule has 1 heterocycles. The molecule has 4 nitrogen and oxygen atoms in total. The summed E-state index contributed by atoms with van der Waals surface area (Å²) >= 11 is 12.0. The fourth-order valence-corrected chi connectivity index (χ4v) is 2.98. The number of aromatic carboxylic acids is 1. The predicted molar refractivity (Wildman–Crippen MR) is 95.2 cm³/mol. The molecule has 0 saturated carbocycles. The van der Waals surface area contributed by atoms with Crippen LogP contribution in [-0.2, 0) is 12.7 Å². The Hall–Kier alpha value is -2.51. The Labute approximate surface area is 161 Å². The van der Waals surface area contributed by atoms with Crippen LogP contribution in [0.15, 0.2) is 48.5 Å². The van der Waals surface area contributed by atoms with Crippen LogP contribution in [-0.4, -0.2) is 20.9 Å². The van der Waals surface area contributed by atoms with E-state index in [2.05, 4.69) is 5.10 Å². The van der Waals surface area contributed by atoms with E-state index in [-0.39, 0.29) is 12.2 Å². The average molecular weight is 415 g/mol. The van der Waals surface area contributed by atoms with Gasteiger partial charge in [0.2, 0.25) is 0 Å². The number of carboxylic acid groups (broad SMARTS) is 1. The molecule has 0 unspecified atom stereocenters. The third kappa shape index (κ3) is 4.26. The molecule has 0 atom stereocenters. The van der Waals surface area contributed by atoms with Gasteiger partial charge in [-0.15, -0.1) is 0 Å². The Balaban J connectivity index is 2.03. The first-order valence-electron chi connectivity index (χ1n) is 7.58. The molecule has 0 aliphatic heterocycles. The van der Waals surface area contributed by atoms with E-state index >= 15 is 0 Å². The molecule has 0 spiro atoms. The number of hydrogen-bond donors (Lipinski definition) is 1. The van der Waals surface area contributed by atoms with Crippen LogP contribution in [0.4, 0.5) is 13.2 Å². The van der Waals surface area contributed by atoms with Crippen molar-refractivity contribution in [3.8, 4) is 11.3 Å². The van der Waals surface area contributed by atoms with Crippen molar-refractivity contribution in [2.45, 2.75) is 12.7 Å². The highest BCUT2D eigenvalue weighted by molar-refractivity contribution is 6.35. The Kier molecular flexibility index (Phi) is 5.17. The van der Waals surface area contributed by atoms with Crippen LogP contribution in [0.3, 0.4) is 0 Å². The van der Waals surface area contributed by atoms with E-state index < -0.39 is 17.7 Å². The fraction of sp³-hybridized carbons (Fsp3) is 0.111. The van der Waals surface area contributed by atoms with Gasteiger partial charge in [0.15, 0.2) is 5.69 Å². The number of nitrogens with zero attached hydrogens (tertiary/aromatic N) is 2. The maximum atomic E-state index is 12.8. The van der Waals surface area contributed by atoms with Crippen molar-refractivity contribution >= 4 is 29.2 Å². The summed E-state index contributed by atoms with van der Waals surface area (Å²) in [5.74, 6) is -1.25. The summed E-state index contributed by atoms with van der Waals surface area (Å²) in [6.07, 6.45) is -4.46. The van der Waals surface area contributed by atoms with Crippen LogP contribution in [0.5, 0.6) is 0 Å². The number of carboxylic acids is 1. The summed E-state index contributed by atoms with van der Waals surface area (Å²) in [4.78, 5) is 11.3. The fourth-order valence-electron chi connectivity index (χ4n) is 2.52. The summed E-state index contributed by atoms with van der Waals surface area (Å²) in [5.41, 5.74) is 0.362. The van der Waals surface area contributed by atoms with E-state index in [0.29, 0.717) is 26.9 Å². The lowest BCUT2D eigenvalue weighted by atomic mass is 10.1. The Morgan fingerprint density at radius 3 is 2.30 bits per heavy atom. The number of rotatable bonds is 4. The molecule has 0 aliphatic rings. The smallest absolute Gasteiger partial charge is 0.416 e. The molecular weight excluding hydrogens is 404 g/mol. The molecule has 0 fully saturated rings. The van der Waals surface area contributed by atoms with Crippen molar-refractivity contribution in [3.63, 3.8) is 0 Å². The van der Waals surface area contributed by atoms with E-state index in [9.17, 15) is 23.1 Å². The summed E-state index contributed by atoms with van der Waals surface area (Å²) in [7, 11) is 0. The highest BCUT2D eigenvalue weighted by atomic mass is 35.5. The number of carbonyl (C=O) groups is 1. The van der Waals surface area contributed by atoms with Gasteiger partial charge in [-0.05, 0) is 41.5 Å². The van der Waals surface area contributed by atoms with Crippen molar-refractivity contribution in [1.29, 1.82) is 0 Å². The van der Waals surface area contributed by atoms with Gasteiger partial charge in [-0.1, -0.05) is 41.4 Å². The summed E-state index contributed by atoms with van der Waals surface area (Å²) in [6, 6.07) is 10.5. The quantitative estimate of drug-likeness (QED) is 0.602. The van der Waals surface area contributed by atoms with E-state index in [1.54, 1.807) is 12.1 Å².